The average Bonchev–Trinajstić information content (AvgIpc) is 2.34. The van der Waals surface area contributed by atoms with E-state index in [1.54, 1.807) is 0 Å². The number of benzene rings is 1. The van der Waals surface area contributed by atoms with Gasteiger partial charge in [0.15, 0.2) is 0 Å². The Morgan fingerprint density at radius 2 is 1.94 bits per heavy atom. The van der Waals surface area contributed by atoms with Gasteiger partial charge in [0, 0.05) is 12.2 Å². The third-order valence-electron chi connectivity index (χ3n) is 2.98. The van der Waals surface area contributed by atoms with E-state index in [0.717, 1.165) is 13.0 Å². The minimum Gasteiger partial charge on any atom is -0.385 e. The van der Waals surface area contributed by atoms with Crippen molar-refractivity contribution < 1.29 is 0 Å². The summed E-state index contributed by atoms with van der Waals surface area (Å²) in [6, 6.07) is 8.61. The molecule has 0 radical (unpaired) electrons. The standard InChI is InChI=1S/C16H25N/c1-4-5-6-7-10-13-17-16-12-9-8-11-15(16)14(2)3/h4,8-9,11-12,14,17H,1,5-7,10,13H2,2-3H3. The minimum atomic E-state index is 0.583. The Morgan fingerprint density at radius 3 is 2.65 bits per heavy atom. The van der Waals surface area contributed by atoms with E-state index in [4.69, 9.17) is 0 Å². The van der Waals surface area contributed by atoms with Crippen LogP contribution in [0.1, 0.15) is 51.0 Å². The Labute approximate surface area is 106 Å². The molecule has 94 valence electrons. The molecule has 0 aromatic heterocycles. The van der Waals surface area contributed by atoms with Gasteiger partial charge in [-0.1, -0.05) is 44.5 Å². The highest BCUT2D eigenvalue weighted by Crippen LogP contribution is 2.23. The Morgan fingerprint density at radius 1 is 1.18 bits per heavy atom. The van der Waals surface area contributed by atoms with Crippen LogP contribution in [-0.2, 0) is 0 Å². The summed E-state index contributed by atoms with van der Waals surface area (Å²) < 4.78 is 0. The highest BCUT2D eigenvalue weighted by Gasteiger charge is 2.04. The number of hydrogen-bond donors (Lipinski definition) is 1. The van der Waals surface area contributed by atoms with Crippen LogP contribution < -0.4 is 5.32 Å². The van der Waals surface area contributed by atoms with Crippen LogP contribution in [0.2, 0.25) is 0 Å². The molecule has 0 heterocycles. The van der Waals surface area contributed by atoms with Crippen molar-refractivity contribution in [2.75, 3.05) is 11.9 Å². The minimum absolute atomic E-state index is 0.583. The van der Waals surface area contributed by atoms with Crippen LogP contribution in [-0.4, -0.2) is 6.54 Å². The van der Waals surface area contributed by atoms with Gasteiger partial charge in [-0.3, -0.25) is 0 Å². The third kappa shape index (κ3) is 5.08. The molecule has 1 heteroatoms. The van der Waals surface area contributed by atoms with Gasteiger partial charge in [0.1, 0.15) is 0 Å². The zero-order valence-electron chi connectivity index (χ0n) is 11.2. The van der Waals surface area contributed by atoms with Gasteiger partial charge < -0.3 is 5.32 Å². The molecular formula is C16H25N. The highest BCUT2D eigenvalue weighted by atomic mass is 14.9. The second-order valence-corrected chi connectivity index (χ2v) is 4.81. The summed E-state index contributed by atoms with van der Waals surface area (Å²) in [6.07, 6.45) is 6.92. The third-order valence-corrected chi connectivity index (χ3v) is 2.98. The van der Waals surface area contributed by atoms with Crippen LogP contribution in [0, 0.1) is 0 Å². The maximum Gasteiger partial charge on any atom is 0.0375 e. The number of para-hydroxylation sites is 1. The van der Waals surface area contributed by atoms with Crippen molar-refractivity contribution in [1.82, 2.24) is 0 Å². The van der Waals surface area contributed by atoms with E-state index < -0.39 is 0 Å². The fourth-order valence-electron chi connectivity index (χ4n) is 1.97. The number of nitrogens with one attached hydrogen (secondary N) is 1. The van der Waals surface area contributed by atoms with Crippen molar-refractivity contribution in [3.63, 3.8) is 0 Å². The zero-order valence-corrected chi connectivity index (χ0v) is 11.2. The molecule has 0 saturated heterocycles. The number of hydrogen-bond acceptors (Lipinski definition) is 1. The first kappa shape index (κ1) is 13.8. The molecule has 17 heavy (non-hydrogen) atoms. The molecule has 0 atom stereocenters. The SMILES string of the molecule is C=CCCCCCNc1ccccc1C(C)C. The average molecular weight is 231 g/mol. The van der Waals surface area contributed by atoms with Crippen LogP contribution >= 0.6 is 0 Å². The van der Waals surface area contributed by atoms with Gasteiger partial charge >= 0.3 is 0 Å². The maximum absolute atomic E-state index is 3.74. The fraction of sp³-hybridized carbons (Fsp3) is 0.500. The van der Waals surface area contributed by atoms with Crippen molar-refractivity contribution in [1.29, 1.82) is 0 Å². The van der Waals surface area contributed by atoms with Gasteiger partial charge in [-0.15, -0.1) is 6.58 Å². The predicted octanol–water partition coefficient (Wildman–Crippen LogP) is 4.97. The van der Waals surface area contributed by atoms with Crippen molar-refractivity contribution in [2.24, 2.45) is 0 Å². The lowest BCUT2D eigenvalue weighted by molar-refractivity contribution is 0.708. The molecule has 0 spiro atoms. The van der Waals surface area contributed by atoms with E-state index >= 15 is 0 Å². The van der Waals surface area contributed by atoms with Crippen LogP contribution in [0.5, 0.6) is 0 Å². The number of rotatable bonds is 8. The molecule has 1 aromatic carbocycles. The first-order valence-corrected chi connectivity index (χ1v) is 6.69. The Hall–Kier alpha value is -1.24. The quantitative estimate of drug-likeness (QED) is 0.492. The number of anilines is 1. The van der Waals surface area contributed by atoms with Crippen molar-refractivity contribution in [3.8, 4) is 0 Å². The highest BCUT2D eigenvalue weighted by molar-refractivity contribution is 5.52. The smallest absolute Gasteiger partial charge is 0.0375 e. The molecule has 0 aliphatic carbocycles. The monoisotopic (exact) mass is 231 g/mol. The Balaban J connectivity index is 2.33. The van der Waals surface area contributed by atoms with E-state index in [-0.39, 0.29) is 0 Å². The van der Waals surface area contributed by atoms with Crippen LogP contribution in [0.3, 0.4) is 0 Å². The largest absolute Gasteiger partial charge is 0.385 e. The Bertz CT molecular complexity index is 328. The second-order valence-electron chi connectivity index (χ2n) is 4.81. The van der Waals surface area contributed by atoms with Gasteiger partial charge in [-0.25, -0.2) is 0 Å². The maximum atomic E-state index is 3.74. The first-order valence-electron chi connectivity index (χ1n) is 6.69. The molecule has 0 aliphatic rings. The lowest BCUT2D eigenvalue weighted by atomic mass is 10.0. The summed E-state index contributed by atoms with van der Waals surface area (Å²) in [5, 5.41) is 3.55. The molecule has 1 nitrogen and oxygen atoms in total. The molecule has 1 aromatic rings. The second kappa shape index (κ2) is 7.94. The first-order chi connectivity index (χ1) is 8.25. The summed E-state index contributed by atoms with van der Waals surface area (Å²) in [5.74, 6) is 0.583. The van der Waals surface area contributed by atoms with Crippen LogP contribution in [0.15, 0.2) is 36.9 Å². The molecule has 0 fully saturated rings. The van der Waals surface area contributed by atoms with Crippen molar-refractivity contribution in [3.05, 3.63) is 42.5 Å². The van der Waals surface area contributed by atoms with Crippen molar-refractivity contribution >= 4 is 5.69 Å². The van der Waals surface area contributed by atoms with Gasteiger partial charge in [-0.2, -0.15) is 0 Å². The van der Waals surface area contributed by atoms with Gasteiger partial charge in [-0.05, 0) is 36.8 Å². The van der Waals surface area contributed by atoms with E-state index in [0.29, 0.717) is 5.92 Å². The lowest BCUT2D eigenvalue weighted by Gasteiger charge is -2.14. The summed E-state index contributed by atoms with van der Waals surface area (Å²) in [7, 11) is 0. The van der Waals surface area contributed by atoms with Gasteiger partial charge in [0.2, 0.25) is 0 Å². The van der Waals surface area contributed by atoms with Crippen molar-refractivity contribution in [2.45, 2.75) is 45.4 Å². The molecule has 0 bridgehead atoms. The summed E-state index contributed by atoms with van der Waals surface area (Å²) in [5.41, 5.74) is 2.71. The van der Waals surface area contributed by atoms with E-state index in [1.807, 2.05) is 6.08 Å². The summed E-state index contributed by atoms with van der Waals surface area (Å²) in [4.78, 5) is 0. The molecule has 1 rings (SSSR count). The molecule has 0 aliphatic heterocycles. The number of allylic oxidation sites excluding steroid dienone is 1. The molecule has 0 saturated carbocycles. The Kier molecular flexibility index (Phi) is 6.46. The lowest BCUT2D eigenvalue weighted by Crippen LogP contribution is -2.04. The molecule has 0 unspecified atom stereocenters. The number of unbranched alkanes of at least 4 members (excludes halogenated alkanes) is 3. The zero-order chi connectivity index (χ0) is 12.5. The van der Waals surface area contributed by atoms with Gasteiger partial charge in [0.05, 0.1) is 0 Å². The fourth-order valence-corrected chi connectivity index (χ4v) is 1.97. The molecule has 1 N–H and O–H groups in total. The normalized spacial score (nSPS) is 10.5. The summed E-state index contributed by atoms with van der Waals surface area (Å²) >= 11 is 0. The van der Waals surface area contributed by atoms with E-state index in [9.17, 15) is 0 Å². The van der Waals surface area contributed by atoms with E-state index in [1.165, 1.54) is 30.5 Å². The molecule has 0 amide bonds. The van der Waals surface area contributed by atoms with Crippen LogP contribution in [0.4, 0.5) is 5.69 Å². The van der Waals surface area contributed by atoms with Crippen LogP contribution in [0.25, 0.3) is 0 Å². The predicted molar refractivity (Wildman–Crippen MR) is 77.7 cm³/mol. The topological polar surface area (TPSA) is 12.0 Å². The van der Waals surface area contributed by atoms with E-state index in [2.05, 4.69) is 50.0 Å². The van der Waals surface area contributed by atoms with Gasteiger partial charge in [0.25, 0.3) is 0 Å². The molecular weight excluding hydrogens is 206 g/mol. The summed E-state index contributed by atoms with van der Waals surface area (Å²) in [6.45, 7) is 9.29.